The van der Waals surface area contributed by atoms with E-state index >= 15 is 0 Å². The van der Waals surface area contributed by atoms with Gasteiger partial charge < -0.3 is 0 Å². The smallest absolute Gasteiger partial charge is 0.147 e. The van der Waals surface area contributed by atoms with Crippen LogP contribution >= 0.6 is 12.4 Å². The van der Waals surface area contributed by atoms with Crippen molar-refractivity contribution in [2.45, 2.75) is 43.0 Å². The largest absolute Gasteiger partial charge is 0.147 e. The summed E-state index contributed by atoms with van der Waals surface area (Å²) in [6.45, 7) is 1.71. The van der Waals surface area contributed by atoms with E-state index in [0.717, 1.165) is 12.0 Å². The molecule has 0 aliphatic heterocycles. The van der Waals surface area contributed by atoms with Crippen molar-refractivity contribution in [3.63, 3.8) is 0 Å². The molecule has 1 amide bonds. The van der Waals surface area contributed by atoms with E-state index in [1.165, 1.54) is 5.56 Å². The second-order valence-electron chi connectivity index (χ2n) is 7.87. The summed E-state index contributed by atoms with van der Waals surface area (Å²) in [5, 5.41) is 24.0. The van der Waals surface area contributed by atoms with Gasteiger partial charge in [0.25, 0.3) is 0 Å². The summed E-state index contributed by atoms with van der Waals surface area (Å²) in [6.07, 6.45) is 1.20. The molecule has 2 radical (unpaired) electrons. The molecular weight excluding hydrogens is 485 g/mol. The maximum Gasteiger partial charge on any atom is -0.147 e. The van der Waals surface area contributed by atoms with Crippen molar-refractivity contribution in [3.05, 3.63) is 101 Å². The van der Waals surface area contributed by atoms with E-state index in [0.29, 0.717) is 24.0 Å². The van der Waals surface area contributed by atoms with Gasteiger partial charge in [-0.05, 0) is 0 Å². The summed E-state index contributed by atoms with van der Waals surface area (Å²) in [5.41, 5.74) is 3.21. The summed E-state index contributed by atoms with van der Waals surface area (Å²) in [7, 11) is 0. The Morgan fingerprint density at radius 2 is 1.47 bits per heavy atom. The number of hydrogen-bond acceptors (Lipinski definition) is 3. The number of aliphatic hydroxyl groups is 1. The zero-order valence-corrected chi connectivity index (χ0v) is 20.7. The third-order valence-corrected chi connectivity index (χ3v) is 6.28. The van der Waals surface area contributed by atoms with E-state index in [1.54, 1.807) is 25.1 Å². The van der Waals surface area contributed by atoms with E-state index in [4.69, 9.17) is 0 Å². The Labute approximate surface area is 205 Å². The molecule has 3 atom stereocenters. The fourth-order valence-electron chi connectivity index (χ4n) is 3.68. The third kappa shape index (κ3) is 7.41. The Bertz CT molecular complexity index is 985. The standard InChI is InChI=1S/C26H28AsNO3.ClH/c1-18-22(13-8-14-24(18)29)26(31)28-23(16-20-11-6-3-7-12-20)25(30)17-21(27)15-19-9-4-2-5-10-19;/h2-14,21,23,25,29-30H,15-17H2,1H3,(H,28,31);1H/t21-,23-,25-;/m0./s1. The van der Waals surface area contributed by atoms with Crippen molar-refractivity contribution in [1.82, 2.24) is 5.32 Å². The molecule has 0 fully saturated rings. The maximum absolute atomic E-state index is 13.0. The number of amides is 1. The first-order valence-corrected chi connectivity index (χ1v) is 11.6. The van der Waals surface area contributed by atoms with Crippen molar-refractivity contribution >= 4 is 35.2 Å². The average Bonchev–Trinajstić information content (AvgIpc) is 2.76. The molecule has 0 saturated heterocycles. The number of aromatic hydroxyl groups is 1. The molecule has 0 aromatic heterocycles. The Hall–Kier alpha value is -2.26. The summed E-state index contributed by atoms with van der Waals surface area (Å²) >= 11 is 2.65. The van der Waals surface area contributed by atoms with Crippen LogP contribution in [0.2, 0.25) is 4.71 Å². The van der Waals surface area contributed by atoms with Crippen molar-refractivity contribution in [2.24, 2.45) is 0 Å². The molecule has 168 valence electrons. The normalized spacial score (nSPS) is 13.5. The molecule has 3 rings (SSSR count). The van der Waals surface area contributed by atoms with Crippen LogP contribution in [0.3, 0.4) is 0 Å². The summed E-state index contributed by atoms with van der Waals surface area (Å²) < 4.78 is 0.197. The van der Waals surface area contributed by atoms with Gasteiger partial charge >= 0.3 is 193 Å². The second-order valence-corrected chi connectivity index (χ2v) is 9.40. The molecule has 0 aliphatic carbocycles. The van der Waals surface area contributed by atoms with Crippen LogP contribution in [0.4, 0.5) is 0 Å². The molecule has 3 aromatic rings. The molecule has 0 heterocycles. The molecule has 3 N–H and O–H groups in total. The summed E-state index contributed by atoms with van der Waals surface area (Å²) in [4.78, 5) is 13.0. The summed E-state index contributed by atoms with van der Waals surface area (Å²) in [5.74, 6) is -0.208. The van der Waals surface area contributed by atoms with Crippen LogP contribution < -0.4 is 5.32 Å². The zero-order chi connectivity index (χ0) is 22.2. The van der Waals surface area contributed by atoms with E-state index in [2.05, 4.69) is 34.3 Å². The van der Waals surface area contributed by atoms with Crippen molar-refractivity contribution < 1.29 is 15.0 Å². The van der Waals surface area contributed by atoms with E-state index in [9.17, 15) is 15.0 Å². The number of nitrogens with one attached hydrogen (secondary N) is 1. The van der Waals surface area contributed by atoms with E-state index in [-0.39, 0.29) is 28.8 Å². The number of carbonyl (C=O) groups is 1. The first kappa shape index (κ1) is 26.0. The Balaban J connectivity index is 0.00000363. The van der Waals surface area contributed by atoms with Gasteiger partial charge in [0.2, 0.25) is 0 Å². The van der Waals surface area contributed by atoms with Crippen molar-refractivity contribution in [2.75, 3.05) is 0 Å². The van der Waals surface area contributed by atoms with Gasteiger partial charge in [-0.15, -0.1) is 12.4 Å². The Morgan fingerprint density at radius 1 is 0.906 bits per heavy atom. The van der Waals surface area contributed by atoms with Gasteiger partial charge in [-0.3, -0.25) is 0 Å². The van der Waals surface area contributed by atoms with Crippen molar-refractivity contribution in [3.8, 4) is 5.75 Å². The summed E-state index contributed by atoms with van der Waals surface area (Å²) in [6, 6.07) is 24.5. The SMILES string of the molecule is Cc1c(O)cccc1C(=O)N[C@@H](Cc1ccccc1)[C@@H](O)C[C@@H]([As])Cc1ccccc1.Cl. The van der Waals surface area contributed by atoms with Crippen LogP contribution in [0.15, 0.2) is 78.9 Å². The predicted molar refractivity (Wildman–Crippen MR) is 132 cm³/mol. The molecule has 0 bridgehead atoms. The third-order valence-electron chi connectivity index (χ3n) is 5.46. The molecule has 6 heteroatoms. The molecule has 3 aromatic carbocycles. The van der Waals surface area contributed by atoms with Crippen LogP contribution in [-0.2, 0) is 12.8 Å². The number of carbonyl (C=O) groups excluding carboxylic acids is 1. The fraction of sp³-hybridized carbons (Fsp3) is 0.269. The zero-order valence-electron chi connectivity index (χ0n) is 18.0. The minimum Gasteiger partial charge on any atom is -0.147 e. The van der Waals surface area contributed by atoms with Crippen molar-refractivity contribution in [1.29, 1.82) is 0 Å². The first-order chi connectivity index (χ1) is 14.9. The van der Waals surface area contributed by atoms with E-state index in [1.807, 2.05) is 48.5 Å². The number of rotatable bonds is 9. The van der Waals surface area contributed by atoms with Crippen LogP contribution in [0.1, 0.15) is 33.5 Å². The molecule has 0 spiro atoms. The monoisotopic (exact) mass is 513 g/mol. The molecule has 0 saturated carbocycles. The van der Waals surface area contributed by atoms with Gasteiger partial charge in [-0.25, -0.2) is 0 Å². The topological polar surface area (TPSA) is 69.6 Å². The van der Waals surface area contributed by atoms with E-state index < -0.39 is 12.1 Å². The quantitative estimate of drug-likeness (QED) is 0.371. The molecule has 0 unspecified atom stereocenters. The second kappa shape index (κ2) is 12.7. The predicted octanol–water partition coefficient (Wildman–Crippen LogP) is 4.41. The van der Waals surface area contributed by atoms with Crippen LogP contribution in [0, 0.1) is 6.92 Å². The number of phenolic OH excluding ortho intramolecular Hbond substituents is 1. The Kier molecular flexibility index (Phi) is 10.3. The molecule has 4 nitrogen and oxygen atoms in total. The fourth-order valence-corrected chi connectivity index (χ4v) is 4.57. The van der Waals surface area contributed by atoms with Gasteiger partial charge in [0.15, 0.2) is 0 Å². The number of halogens is 1. The van der Waals surface area contributed by atoms with Gasteiger partial charge in [-0.2, -0.15) is 0 Å². The average molecular weight is 514 g/mol. The molecule has 0 aliphatic rings. The molecule has 32 heavy (non-hydrogen) atoms. The first-order valence-electron chi connectivity index (χ1n) is 10.5. The van der Waals surface area contributed by atoms with Gasteiger partial charge in [0, 0.05) is 0 Å². The van der Waals surface area contributed by atoms with Gasteiger partial charge in [0.1, 0.15) is 0 Å². The van der Waals surface area contributed by atoms with Crippen LogP contribution in [-0.4, -0.2) is 45.1 Å². The minimum atomic E-state index is -0.710. The number of aliphatic hydroxyl groups excluding tert-OH is 1. The van der Waals surface area contributed by atoms with Crippen LogP contribution in [0.25, 0.3) is 0 Å². The minimum absolute atomic E-state index is 0. The van der Waals surface area contributed by atoms with Gasteiger partial charge in [0.05, 0.1) is 0 Å². The van der Waals surface area contributed by atoms with Crippen LogP contribution in [0.5, 0.6) is 5.75 Å². The number of phenols is 1. The Morgan fingerprint density at radius 3 is 2.06 bits per heavy atom. The number of benzene rings is 3. The van der Waals surface area contributed by atoms with Gasteiger partial charge in [-0.1, -0.05) is 0 Å². The molecular formula is C26H29AsClNO3. The number of hydrogen-bond donors (Lipinski definition) is 3. The maximum atomic E-state index is 13.0.